The van der Waals surface area contributed by atoms with Crippen LogP contribution in [0.25, 0.3) is 5.69 Å². The van der Waals surface area contributed by atoms with Crippen LogP contribution in [0.3, 0.4) is 0 Å². The fourth-order valence-corrected chi connectivity index (χ4v) is 1.83. The second-order valence-electron chi connectivity index (χ2n) is 4.52. The van der Waals surface area contributed by atoms with Gasteiger partial charge >= 0.3 is 0 Å². The van der Waals surface area contributed by atoms with E-state index >= 15 is 0 Å². The van der Waals surface area contributed by atoms with E-state index in [9.17, 15) is 0 Å². The molecule has 0 aliphatic carbocycles. The summed E-state index contributed by atoms with van der Waals surface area (Å²) < 4.78 is 7.34. The van der Waals surface area contributed by atoms with Gasteiger partial charge in [0.15, 0.2) is 0 Å². The third-order valence-corrected chi connectivity index (χ3v) is 2.98. The minimum Gasteiger partial charge on any atom is -0.489 e. The van der Waals surface area contributed by atoms with Gasteiger partial charge < -0.3 is 4.74 Å². The molecule has 0 spiro atoms. The van der Waals surface area contributed by atoms with E-state index < -0.39 is 0 Å². The van der Waals surface area contributed by atoms with Crippen molar-refractivity contribution in [1.29, 1.82) is 0 Å². The van der Waals surface area contributed by atoms with Gasteiger partial charge in [-0.05, 0) is 47.2 Å². The number of hydrogen-bond acceptors (Lipinski definition) is 4. The number of benzene rings is 2. The number of aromatic nitrogens is 4. The Morgan fingerprint density at radius 3 is 2.40 bits per heavy atom. The standard InChI is InChI=1S/C15H14N4O/c1-12-2-4-13(5-3-12)10-20-15-8-6-14(7-9-15)19-11-16-17-18-19/h2-9,11H,10H2,1H3. The van der Waals surface area contributed by atoms with Gasteiger partial charge in [-0.15, -0.1) is 5.10 Å². The van der Waals surface area contributed by atoms with E-state index in [1.165, 1.54) is 5.56 Å². The van der Waals surface area contributed by atoms with Crippen LogP contribution in [0, 0.1) is 6.92 Å². The lowest BCUT2D eigenvalue weighted by Crippen LogP contribution is -1.97. The number of tetrazole rings is 1. The molecule has 0 aliphatic heterocycles. The van der Waals surface area contributed by atoms with Crippen LogP contribution in [0.1, 0.15) is 11.1 Å². The molecule has 0 aliphatic rings. The zero-order chi connectivity index (χ0) is 13.8. The maximum atomic E-state index is 5.74. The lowest BCUT2D eigenvalue weighted by molar-refractivity contribution is 0.306. The van der Waals surface area contributed by atoms with Crippen LogP contribution in [0.4, 0.5) is 0 Å². The van der Waals surface area contributed by atoms with E-state index in [0.29, 0.717) is 6.61 Å². The smallest absolute Gasteiger partial charge is 0.143 e. The molecule has 0 saturated heterocycles. The summed E-state index contributed by atoms with van der Waals surface area (Å²) in [5.74, 6) is 0.822. The zero-order valence-electron chi connectivity index (χ0n) is 11.1. The van der Waals surface area contributed by atoms with Gasteiger partial charge in [-0.25, -0.2) is 4.68 Å². The van der Waals surface area contributed by atoms with Crippen LogP contribution in [0.15, 0.2) is 54.9 Å². The summed E-state index contributed by atoms with van der Waals surface area (Å²) in [6, 6.07) is 16.0. The van der Waals surface area contributed by atoms with E-state index in [1.807, 2.05) is 24.3 Å². The highest BCUT2D eigenvalue weighted by Gasteiger charge is 1.99. The molecule has 20 heavy (non-hydrogen) atoms. The fourth-order valence-electron chi connectivity index (χ4n) is 1.83. The van der Waals surface area contributed by atoms with Gasteiger partial charge in [-0.2, -0.15) is 0 Å². The Hall–Kier alpha value is -2.69. The van der Waals surface area contributed by atoms with Crippen LogP contribution < -0.4 is 4.74 Å². The molecule has 3 aromatic rings. The molecule has 5 nitrogen and oxygen atoms in total. The van der Waals surface area contributed by atoms with Crippen molar-refractivity contribution in [2.24, 2.45) is 0 Å². The molecule has 100 valence electrons. The van der Waals surface area contributed by atoms with Crippen LogP contribution in [0.5, 0.6) is 5.75 Å². The molecule has 1 aromatic heterocycles. The zero-order valence-corrected chi connectivity index (χ0v) is 11.1. The Morgan fingerprint density at radius 2 is 1.75 bits per heavy atom. The number of hydrogen-bond donors (Lipinski definition) is 0. The number of ether oxygens (including phenoxy) is 1. The lowest BCUT2D eigenvalue weighted by Gasteiger charge is -2.07. The van der Waals surface area contributed by atoms with Gasteiger partial charge in [0, 0.05) is 0 Å². The average molecular weight is 266 g/mol. The van der Waals surface area contributed by atoms with Crippen molar-refractivity contribution in [1.82, 2.24) is 20.2 Å². The second-order valence-corrected chi connectivity index (χ2v) is 4.52. The SMILES string of the molecule is Cc1ccc(COc2ccc(-n3cnnn3)cc2)cc1. The first-order chi connectivity index (χ1) is 9.81. The predicted molar refractivity (Wildman–Crippen MR) is 74.7 cm³/mol. The topological polar surface area (TPSA) is 52.8 Å². The summed E-state index contributed by atoms with van der Waals surface area (Å²) in [6.45, 7) is 2.63. The highest BCUT2D eigenvalue weighted by molar-refractivity contribution is 5.36. The second kappa shape index (κ2) is 5.52. The van der Waals surface area contributed by atoms with Crippen LogP contribution in [0.2, 0.25) is 0 Å². The van der Waals surface area contributed by atoms with Crippen molar-refractivity contribution >= 4 is 0 Å². The van der Waals surface area contributed by atoms with Crippen molar-refractivity contribution in [2.45, 2.75) is 13.5 Å². The molecule has 1 heterocycles. The van der Waals surface area contributed by atoms with Crippen molar-refractivity contribution in [2.75, 3.05) is 0 Å². The maximum absolute atomic E-state index is 5.74. The van der Waals surface area contributed by atoms with Gasteiger partial charge in [0.05, 0.1) is 5.69 Å². The summed E-state index contributed by atoms with van der Waals surface area (Å²) in [5, 5.41) is 11.0. The van der Waals surface area contributed by atoms with Crippen LogP contribution in [-0.2, 0) is 6.61 Å². The third kappa shape index (κ3) is 2.83. The van der Waals surface area contributed by atoms with Crippen LogP contribution in [-0.4, -0.2) is 20.2 Å². The first kappa shape index (κ1) is 12.3. The first-order valence-electron chi connectivity index (χ1n) is 6.33. The quantitative estimate of drug-likeness (QED) is 0.728. The molecule has 5 heteroatoms. The summed E-state index contributed by atoms with van der Waals surface area (Å²) in [5.41, 5.74) is 3.30. The summed E-state index contributed by atoms with van der Waals surface area (Å²) in [6.07, 6.45) is 1.56. The molecule has 0 N–H and O–H groups in total. The van der Waals surface area contributed by atoms with Gasteiger partial charge in [0.2, 0.25) is 0 Å². The Kier molecular flexibility index (Phi) is 3.41. The molecular weight excluding hydrogens is 252 g/mol. The third-order valence-electron chi connectivity index (χ3n) is 2.98. The monoisotopic (exact) mass is 266 g/mol. The molecule has 0 fully saturated rings. The molecule has 3 rings (SSSR count). The Balaban J connectivity index is 1.65. The molecule has 0 atom stereocenters. The largest absolute Gasteiger partial charge is 0.489 e. The molecule has 0 amide bonds. The van der Waals surface area contributed by atoms with E-state index in [2.05, 4.69) is 46.7 Å². The van der Waals surface area contributed by atoms with Gasteiger partial charge in [-0.1, -0.05) is 29.8 Å². The lowest BCUT2D eigenvalue weighted by atomic mass is 10.2. The van der Waals surface area contributed by atoms with Crippen molar-refractivity contribution in [3.05, 3.63) is 66.0 Å². The number of aryl methyl sites for hydroxylation is 1. The van der Waals surface area contributed by atoms with E-state index in [1.54, 1.807) is 11.0 Å². The van der Waals surface area contributed by atoms with Crippen molar-refractivity contribution < 1.29 is 4.74 Å². The number of rotatable bonds is 4. The molecular formula is C15H14N4O. The highest BCUT2D eigenvalue weighted by atomic mass is 16.5. The first-order valence-corrected chi connectivity index (χ1v) is 6.33. The van der Waals surface area contributed by atoms with Crippen LogP contribution >= 0.6 is 0 Å². The number of nitrogens with zero attached hydrogens (tertiary/aromatic N) is 4. The Bertz CT molecular complexity index is 660. The van der Waals surface area contributed by atoms with E-state index in [4.69, 9.17) is 4.74 Å². The van der Waals surface area contributed by atoms with Gasteiger partial charge in [0.1, 0.15) is 18.7 Å². The van der Waals surface area contributed by atoms with E-state index in [-0.39, 0.29) is 0 Å². The molecule has 0 radical (unpaired) electrons. The minimum absolute atomic E-state index is 0.560. The van der Waals surface area contributed by atoms with Gasteiger partial charge in [-0.3, -0.25) is 0 Å². The summed E-state index contributed by atoms with van der Waals surface area (Å²) >= 11 is 0. The average Bonchev–Trinajstić information content (AvgIpc) is 3.01. The summed E-state index contributed by atoms with van der Waals surface area (Å²) in [4.78, 5) is 0. The maximum Gasteiger partial charge on any atom is 0.143 e. The van der Waals surface area contributed by atoms with Crippen molar-refractivity contribution in [3.63, 3.8) is 0 Å². The Labute approximate surface area is 116 Å². The summed E-state index contributed by atoms with van der Waals surface area (Å²) in [7, 11) is 0. The Morgan fingerprint density at radius 1 is 1.00 bits per heavy atom. The molecule has 2 aromatic carbocycles. The molecule has 0 bridgehead atoms. The predicted octanol–water partition coefficient (Wildman–Crippen LogP) is 2.55. The van der Waals surface area contributed by atoms with E-state index in [0.717, 1.165) is 17.0 Å². The highest BCUT2D eigenvalue weighted by Crippen LogP contribution is 2.16. The fraction of sp³-hybridized carbons (Fsp3) is 0.133. The normalized spacial score (nSPS) is 10.4. The molecule has 0 saturated carbocycles. The minimum atomic E-state index is 0.560. The van der Waals surface area contributed by atoms with Crippen molar-refractivity contribution in [3.8, 4) is 11.4 Å². The molecule has 0 unspecified atom stereocenters. The van der Waals surface area contributed by atoms with Gasteiger partial charge in [0.25, 0.3) is 0 Å².